The first kappa shape index (κ1) is 98.4. The number of amides is 5. The van der Waals surface area contributed by atoms with Gasteiger partial charge in [-0.25, -0.2) is 13.6 Å². The second-order valence-electron chi connectivity index (χ2n) is 27.6. The number of pyridine rings is 5. The first-order valence-corrected chi connectivity index (χ1v) is 49.1. The summed E-state index contributed by atoms with van der Waals surface area (Å²) in [7, 11) is 0. The zero-order chi connectivity index (χ0) is 95.7. The Kier molecular flexibility index (Phi) is 33.1. The molecule has 0 bridgehead atoms. The van der Waals surface area contributed by atoms with Crippen LogP contribution in [0.25, 0.3) is 54.5 Å². The zero-order valence-electron chi connectivity index (χ0n) is 69.2. The third kappa shape index (κ3) is 26.2. The maximum atomic E-state index is 13.7. The Bertz CT molecular complexity index is 7530. The molecule has 0 radical (unpaired) electrons. The number of halogens is 10. The molecular formula is C87H56Cl5F5N20O9S10. The van der Waals surface area contributed by atoms with Crippen LogP contribution in [0.15, 0.2) is 259 Å². The van der Waals surface area contributed by atoms with E-state index in [1.165, 1.54) is 99.7 Å². The van der Waals surface area contributed by atoms with Gasteiger partial charge in [0.2, 0.25) is 38.4 Å². The van der Waals surface area contributed by atoms with E-state index in [-0.39, 0.29) is 40.6 Å². The lowest BCUT2D eigenvalue weighted by Crippen LogP contribution is -2.24. The third-order valence-electron chi connectivity index (χ3n) is 17.8. The Morgan fingerprint density at radius 2 is 0.750 bits per heavy atom. The summed E-state index contributed by atoms with van der Waals surface area (Å²) in [5, 5.41) is 61.8. The average Bonchev–Trinajstić information content (AvgIpc) is 1.28. The molecule has 1 aliphatic rings. The van der Waals surface area contributed by atoms with Gasteiger partial charge >= 0.3 is 18.1 Å². The smallest absolute Gasteiger partial charge is 0.417 e. The van der Waals surface area contributed by atoms with Crippen molar-refractivity contribution in [3.05, 3.63) is 272 Å². The van der Waals surface area contributed by atoms with Gasteiger partial charge < -0.3 is 19.5 Å². The second-order valence-corrected chi connectivity index (χ2v) is 41.1. The van der Waals surface area contributed by atoms with E-state index in [4.69, 9.17) is 67.5 Å². The van der Waals surface area contributed by atoms with Gasteiger partial charge in [0.1, 0.15) is 17.2 Å². The molecule has 19 rings (SSSR count). The summed E-state index contributed by atoms with van der Waals surface area (Å²) in [6.07, 6.45) is 4.28. The maximum absolute atomic E-state index is 13.7. The number of carbonyl (C=O) groups is 6. The average molecular weight is 2120 g/mol. The highest BCUT2D eigenvalue weighted by atomic mass is 35.5. The number of hydrogen-bond donors (Lipinski definition) is 5. The molecule has 0 atom stereocenters. The molecule has 5 amide bonds. The van der Waals surface area contributed by atoms with Crippen molar-refractivity contribution in [2.45, 2.75) is 79.5 Å². The summed E-state index contributed by atoms with van der Waals surface area (Å²) in [5.74, 6) is -4.40. The van der Waals surface area contributed by atoms with E-state index in [2.05, 4.69) is 107 Å². The molecule has 29 nitrogen and oxygen atoms in total. The molecule has 0 aliphatic carbocycles. The summed E-state index contributed by atoms with van der Waals surface area (Å²) in [6, 6.07) is 49.5. The number of aromatic nitrogens is 15. The molecule has 8 aromatic carbocycles. The van der Waals surface area contributed by atoms with E-state index in [1.807, 2.05) is 92.7 Å². The normalized spacial score (nSPS) is 11.4. The Hall–Kier alpha value is -12.1. The molecule has 1 aliphatic heterocycles. The molecule has 5 N–H and O–H groups in total. The van der Waals surface area contributed by atoms with Gasteiger partial charge in [0, 0.05) is 119 Å². The summed E-state index contributed by atoms with van der Waals surface area (Å²) < 4.78 is 85.1. The van der Waals surface area contributed by atoms with E-state index in [1.54, 1.807) is 98.6 Å². The van der Waals surface area contributed by atoms with Crippen LogP contribution in [0.3, 0.4) is 0 Å². The van der Waals surface area contributed by atoms with E-state index in [0.717, 1.165) is 136 Å². The lowest BCUT2D eigenvalue weighted by Gasteiger charge is -2.11. The molecule has 136 heavy (non-hydrogen) atoms. The molecule has 0 saturated heterocycles. The van der Waals surface area contributed by atoms with Gasteiger partial charge in [-0.05, 0) is 146 Å². The number of ether oxygens (including phenoxy) is 3. The quantitative estimate of drug-likeness (QED) is 0.0193. The standard InChI is InChI=1S/C19H10ClF3N4OS2.C19H11ClN4O3S2.C18H9ClF2N4OS2.C16H15ClN4OS2.C15H11ClN4O3S2/c20-10-5-6-12-14(9-10)24-8-7-15(12)29-18-27-26-17(30-18)25-16(28)11-3-1-2-4-13(11)19(21,22)23;20-11-2-3-12-13(8-11)21-6-5-16(12)28-19-24-23-18(29-19)22-17(25)10-1-4-14-15(7-10)27-9-26-14;19-9-4-5-10-13(8-9)22-7-6-14(10)27-18-25-24-17(28-18)23-16(26)15-11(20)2-1-3-12(15)21;1-9(2)7-14(22)19-15-20-21-16(24-15)23-13-5-6-18-12-8-10(17)3-4-11(12)13;1-2-23-13(22)12(21)18-14-19-20-15(25-14)24-11-5-6-17-10-7-8(16)3-4-9(10)11/h1-9H,(H,25,26,28);1-8H,9H2,(H,22,23,25);1-8H,(H,23,24,26);3-6,8-9H,7H2,1-2H3,(H,19,20,22);3-7H,2H2,1H3,(H,18,19,21). The number of alkyl halides is 3. The Balaban J connectivity index is 0.000000130. The van der Waals surface area contributed by atoms with Crippen molar-refractivity contribution in [1.82, 2.24) is 75.9 Å². The predicted molar refractivity (Wildman–Crippen MR) is 521 cm³/mol. The number of fused-ring (bicyclic) bond motifs is 6. The second kappa shape index (κ2) is 45.7. The fraction of sp³-hybridized carbons (Fsp3) is 0.0920. The van der Waals surface area contributed by atoms with Gasteiger partial charge in [-0.2, -0.15) is 13.2 Å². The number of anilines is 5. The monoisotopic (exact) mass is 2110 g/mol. The highest BCUT2D eigenvalue weighted by Gasteiger charge is 2.35. The van der Waals surface area contributed by atoms with E-state index < -0.39 is 58.2 Å². The zero-order valence-corrected chi connectivity index (χ0v) is 81.1. The summed E-state index contributed by atoms with van der Waals surface area (Å²) in [4.78, 5) is 97.9. The number of nitrogens with zero attached hydrogens (tertiary/aromatic N) is 15. The molecule has 49 heteroatoms. The van der Waals surface area contributed by atoms with Crippen molar-refractivity contribution in [2.75, 3.05) is 40.0 Å². The van der Waals surface area contributed by atoms with Crippen molar-refractivity contribution in [2.24, 2.45) is 5.92 Å². The van der Waals surface area contributed by atoms with Gasteiger partial charge in [-0.3, -0.25) is 70.2 Å². The first-order valence-electron chi connectivity index (χ1n) is 39.1. The predicted octanol–water partition coefficient (Wildman–Crippen LogP) is 24.7. The number of nitrogens with one attached hydrogen (secondary N) is 5. The highest BCUT2D eigenvalue weighted by molar-refractivity contribution is 8.02. The van der Waals surface area contributed by atoms with Crippen LogP contribution < -0.4 is 36.1 Å². The molecule has 0 unspecified atom stereocenters. The lowest BCUT2D eigenvalue weighted by atomic mass is 10.1. The fourth-order valence-electron chi connectivity index (χ4n) is 12.0. The van der Waals surface area contributed by atoms with Gasteiger partial charge in [-0.1, -0.05) is 236 Å². The molecule has 11 heterocycles. The van der Waals surface area contributed by atoms with Crippen molar-refractivity contribution in [3.63, 3.8) is 0 Å². The van der Waals surface area contributed by atoms with Crippen LogP contribution in [0.2, 0.25) is 25.1 Å². The number of benzene rings is 8. The minimum absolute atomic E-state index is 0.0401. The molecule has 688 valence electrons. The van der Waals surface area contributed by atoms with Crippen LogP contribution in [0.1, 0.15) is 63.8 Å². The van der Waals surface area contributed by atoms with Crippen molar-refractivity contribution in [3.8, 4) is 11.5 Å². The number of esters is 1. The number of carbonyl (C=O) groups excluding carboxylic acids is 6. The van der Waals surface area contributed by atoms with Crippen molar-refractivity contribution in [1.29, 1.82) is 0 Å². The fourth-order valence-corrected chi connectivity index (χ4v) is 21.9. The SMILES string of the molecule is CC(C)CC(=O)Nc1nnc(Sc2ccnc3cc(Cl)ccc23)s1.CCOC(=O)C(=O)Nc1nnc(Sc2ccnc3cc(Cl)ccc23)s1.O=C(Nc1nnc(Sc2ccnc3cc(Cl)ccc23)s1)c1c(F)cccc1F.O=C(Nc1nnc(Sc2ccnc3cc(Cl)ccc23)s1)c1ccc2c(c1)OCO2.O=C(Nc1nnc(Sc2ccnc3cc(Cl)ccc23)s1)c1ccccc1C(F)(F)F. The molecule has 0 fully saturated rings. The van der Waals surface area contributed by atoms with Gasteiger partial charge in [0.15, 0.2) is 33.2 Å². The minimum atomic E-state index is -4.64. The van der Waals surface area contributed by atoms with Crippen LogP contribution in [-0.2, 0) is 25.3 Å². The Morgan fingerprint density at radius 1 is 0.404 bits per heavy atom. The first-order chi connectivity index (χ1) is 65.5. The van der Waals surface area contributed by atoms with Crippen LogP contribution in [0.5, 0.6) is 11.5 Å². The Labute approximate surface area is 831 Å². The number of hydrogen-bond acceptors (Lipinski definition) is 34. The summed E-state index contributed by atoms with van der Waals surface area (Å²) in [5.41, 5.74) is 2.18. The molecule has 0 spiro atoms. The van der Waals surface area contributed by atoms with Crippen LogP contribution in [0.4, 0.5) is 47.6 Å². The molecular weight excluding hydrogens is 2060 g/mol. The molecule has 10 aromatic heterocycles. The number of rotatable bonds is 21. The summed E-state index contributed by atoms with van der Waals surface area (Å²) in [6.45, 7) is 5.91. The van der Waals surface area contributed by atoms with Gasteiger partial charge in [0.05, 0.1) is 45.3 Å². The lowest BCUT2D eigenvalue weighted by molar-refractivity contribution is -0.152. The minimum Gasteiger partial charge on any atom is -0.459 e. The van der Waals surface area contributed by atoms with Crippen LogP contribution in [-0.4, -0.2) is 125 Å². The Morgan fingerprint density at radius 3 is 1.12 bits per heavy atom. The van der Waals surface area contributed by atoms with Crippen LogP contribution >= 0.6 is 173 Å². The van der Waals surface area contributed by atoms with Gasteiger partial charge in [-0.15, -0.1) is 51.0 Å². The van der Waals surface area contributed by atoms with Crippen LogP contribution in [0, 0.1) is 17.6 Å². The highest BCUT2D eigenvalue weighted by Crippen LogP contribution is 2.44. The van der Waals surface area contributed by atoms with Gasteiger partial charge in [0.25, 0.3) is 17.7 Å². The third-order valence-corrected chi connectivity index (χ3v) is 28.8. The molecule has 0 saturated carbocycles. The van der Waals surface area contributed by atoms with E-state index >= 15 is 0 Å². The topological polar surface area (TPSA) is 384 Å². The van der Waals surface area contributed by atoms with E-state index in [9.17, 15) is 50.7 Å². The largest absolute Gasteiger partial charge is 0.459 e. The van der Waals surface area contributed by atoms with Crippen molar-refractivity contribution >= 4 is 289 Å². The van der Waals surface area contributed by atoms with E-state index in [0.29, 0.717) is 87.7 Å². The summed E-state index contributed by atoms with van der Waals surface area (Å²) >= 11 is 43.0. The van der Waals surface area contributed by atoms with Crippen molar-refractivity contribution < 1.29 is 64.9 Å². The molecule has 18 aromatic rings. The maximum Gasteiger partial charge on any atom is 0.417 e.